The summed E-state index contributed by atoms with van der Waals surface area (Å²) in [5, 5.41) is 2.48. The van der Waals surface area contributed by atoms with Crippen LogP contribution in [0.5, 0.6) is 0 Å². The largest absolute Gasteiger partial charge is 0.381 e. The van der Waals surface area contributed by atoms with Crippen LogP contribution in [0.2, 0.25) is 0 Å². The smallest absolute Gasteiger partial charge is 0.226 e. The van der Waals surface area contributed by atoms with Gasteiger partial charge in [0.1, 0.15) is 5.82 Å². The number of halogens is 1. The first kappa shape index (κ1) is 11.7. The van der Waals surface area contributed by atoms with E-state index in [1.54, 1.807) is 12.1 Å². The highest BCUT2D eigenvalue weighted by Gasteiger charge is 2.05. The Morgan fingerprint density at radius 3 is 2.87 bits per heavy atom. The predicted molar refractivity (Wildman–Crippen MR) is 56.1 cm³/mol. The minimum absolute atomic E-state index is 0.207. The molecular weight excluding hydrogens is 197 g/mol. The molecule has 1 rings (SSSR count). The fourth-order valence-corrected chi connectivity index (χ4v) is 1.08. The van der Waals surface area contributed by atoms with Crippen LogP contribution < -0.4 is 5.32 Å². The van der Waals surface area contributed by atoms with Gasteiger partial charge < -0.3 is 10.1 Å². The molecule has 0 heterocycles. The summed E-state index contributed by atoms with van der Waals surface area (Å²) in [5.74, 6) is -0.671. The number of benzene rings is 1. The average molecular weight is 211 g/mol. The van der Waals surface area contributed by atoms with Crippen LogP contribution in [0, 0.1) is 5.82 Å². The lowest BCUT2D eigenvalue weighted by Crippen LogP contribution is -2.14. The maximum absolute atomic E-state index is 13.1. The minimum Gasteiger partial charge on any atom is -0.381 e. The Morgan fingerprint density at radius 1 is 1.47 bits per heavy atom. The highest BCUT2D eigenvalue weighted by Crippen LogP contribution is 2.12. The van der Waals surface area contributed by atoms with Gasteiger partial charge in [0.25, 0.3) is 0 Å². The molecule has 0 saturated carbocycles. The van der Waals surface area contributed by atoms with Crippen LogP contribution in [0.15, 0.2) is 24.3 Å². The molecule has 0 aromatic heterocycles. The van der Waals surface area contributed by atoms with E-state index in [1.165, 1.54) is 12.1 Å². The number of carbonyl (C=O) groups is 1. The first-order valence-corrected chi connectivity index (χ1v) is 4.86. The molecule has 1 N–H and O–H groups in total. The second kappa shape index (κ2) is 6.14. The Labute approximate surface area is 88.2 Å². The quantitative estimate of drug-likeness (QED) is 0.758. The highest BCUT2D eigenvalue weighted by molar-refractivity contribution is 5.90. The van der Waals surface area contributed by atoms with E-state index in [0.717, 1.165) is 0 Å². The van der Waals surface area contributed by atoms with Crippen molar-refractivity contribution in [3.8, 4) is 0 Å². The van der Waals surface area contributed by atoms with Crippen molar-refractivity contribution in [1.29, 1.82) is 0 Å². The third-order valence-electron chi connectivity index (χ3n) is 1.83. The molecule has 1 aromatic rings. The summed E-state index contributed by atoms with van der Waals surface area (Å²) in [7, 11) is 0. The van der Waals surface area contributed by atoms with E-state index >= 15 is 0 Å². The van der Waals surface area contributed by atoms with Gasteiger partial charge in [-0.2, -0.15) is 0 Å². The molecular formula is C11H14FNO2. The van der Waals surface area contributed by atoms with Crippen molar-refractivity contribution in [2.45, 2.75) is 13.3 Å². The molecule has 15 heavy (non-hydrogen) atoms. The van der Waals surface area contributed by atoms with Gasteiger partial charge in [-0.1, -0.05) is 12.1 Å². The van der Waals surface area contributed by atoms with E-state index in [1.807, 2.05) is 6.92 Å². The number of carbonyl (C=O) groups excluding carboxylic acids is 1. The number of hydrogen-bond donors (Lipinski definition) is 1. The normalized spacial score (nSPS) is 10.0. The number of ether oxygens (including phenoxy) is 1. The third kappa shape index (κ3) is 4.08. The summed E-state index contributed by atoms with van der Waals surface area (Å²) in [4.78, 5) is 11.3. The van der Waals surface area contributed by atoms with Crippen molar-refractivity contribution in [1.82, 2.24) is 0 Å². The van der Waals surface area contributed by atoms with Gasteiger partial charge in [-0.15, -0.1) is 0 Å². The Kier molecular flexibility index (Phi) is 4.77. The molecule has 0 unspecified atom stereocenters. The van der Waals surface area contributed by atoms with Gasteiger partial charge in [0.15, 0.2) is 0 Å². The van der Waals surface area contributed by atoms with Crippen molar-refractivity contribution >= 4 is 11.6 Å². The predicted octanol–water partition coefficient (Wildman–Crippen LogP) is 2.19. The number of nitrogens with one attached hydrogen (secondary N) is 1. The van der Waals surface area contributed by atoms with E-state index in [2.05, 4.69) is 5.32 Å². The lowest BCUT2D eigenvalue weighted by atomic mass is 10.3. The lowest BCUT2D eigenvalue weighted by molar-refractivity contribution is -0.117. The highest BCUT2D eigenvalue weighted by atomic mass is 19.1. The molecule has 0 atom stereocenters. The summed E-state index contributed by atoms with van der Waals surface area (Å²) < 4.78 is 18.1. The van der Waals surface area contributed by atoms with Crippen LogP contribution in [-0.2, 0) is 9.53 Å². The zero-order chi connectivity index (χ0) is 11.1. The molecule has 0 bridgehead atoms. The van der Waals surface area contributed by atoms with Gasteiger partial charge in [0.2, 0.25) is 5.91 Å². The Balaban J connectivity index is 2.41. The van der Waals surface area contributed by atoms with E-state index < -0.39 is 5.82 Å². The topological polar surface area (TPSA) is 38.3 Å². The summed E-state index contributed by atoms with van der Waals surface area (Å²) in [5.41, 5.74) is 0.207. The van der Waals surface area contributed by atoms with Crippen LogP contribution in [0.25, 0.3) is 0 Å². The van der Waals surface area contributed by atoms with E-state index in [4.69, 9.17) is 4.74 Å². The molecule has 0 aliphatic rings. The zero-order valence-electron chi connectivity index (χ0n) is 8.63. The van der Waals surface area contributed by atoms with E-state index in [9.17, 15) is 9.18 Å². The molecule has 3 nitrogen and oxygen atoms in total. The zero-order valence-corrected chi connectivity index (χ0v) is 8.63. The summed E-state index contributed by atoms with van der Waals surface area (Å²) in [6.45, 7) is 2.79. The van der Waals surface area contributed by atoms with Crippen molar-refractivity contribution < 1.29 is 13.9 Å². The summed E-state index contributed by atoms with van der Waals surface area (Å²) in [6, 6.07) is 6.07. The SMILES string of the molecule is CCOCCC(=O)Nc1ccccc1F. The van der Waals surface area contributed by atoms with Gasteiger partial charge in [-0.3, -0.25) is 4.79 Å². The number of hydrogen-bond acceptors (Lipinski definition) is 2. The van der Waals surface area contributed by atoms with Crippen LogP contribution in [0.4, 0.5) is 10.1 Å². The first-order valence-electron chi connectivity index (χ1n) is 4.86. The van der Waals surface area contributed by atoms with Gasteiger partial charge >= 0.3 is 0 Å². The van der Waals surface area contributed by atoms with Crippen molar-refractivity contribution in [3.63, 3.8) is 0 Å². The van der Waals surface area contributed by atoms with Crippen LogP contribution >= 0.6 is 0 Å². The number of rotatable bonds is 5. The summed E-state index contributed by atoms with van der Waals surface area (Å²) in [6.07, 6.45) is 0.238. The molecule has 1 amide bonds. The van der Waals surface area contributed by atoms with E-state index in [0.29, 0.717) is 13.2 Å². The molecule has 0 aliphatic heterocycles. The standard InChI is InChI=1S/C11H14FNO2/c1-2-15-8-7-11(14)13-10-6-4-3-5-9(10)12/h3-6H,2,7-8H2,1H3,(H,13,14). The monoisotopic (exact) mass is 211 g/mol. The second-order valence-electron chi connectivity index (χ2n) is 2.97. The van der Waals surface area contributed by atoms with Crippen molar-refractivity contribution in [2.24, 2.45) is 0 Å². The average Bonchev–Trinajstić information content (AvgIpc) is 2.22. The van der Waals surface area contributed by atoms with Crippen molar-refractivity contribution in [2.75, 3.05) is 18.5 Å². The van der Waals surface area contributed by atoms with Crippen LogP contribution in [-0.4, -0.2) is 19.1 Å². The molecule has 0 aliphatic carbocycles. The minimum atomic E-state index is -0.428. The van der Waals surface area contributed by atoms with Gasteiger partial charge in [-0.05, 0) is 19.1 Å². The van der Waals surface area contributed by atoms with Gasteiger partial charge in [0, 0.05) is 6.61 Å². The molecule has 1 aromatic carbocycles. The molecule has 82 valence electrons. The molecule has 0 spiro atoms. The van der Waals surface area contributed by atoms with E-state index in [-0.39, 0.29) is 18.0 Å². The number of amides is 1. The Morgan fingerprint density at radius 2 is 2.20 bits per heavy atom. The number of anilines is 1. The third-order valence-corrected chi connectivity index (χ3v) is 1.83. The second-order valence-corrected chi connectivity index (χ2v) is 2.97. The molecule has 0 fully saturated rings. The fourth-order valence-electron chi connectivity index (χ4n) is 1.08. The maximum Gasteiger partial charge on any atom is 0.226 e. The van der Waals surface area contributed by atoms with Gasteiger partial charge in [0.05, 0.1) is 18.7 Å². The first-order chi connectivity index (χ1) is 7.24. The summed E-state index contributed by atoms with van der Waals surface area (Å²) >= 11 is 0. The Hall–Kier alpha value is -1.42. The molecule has 4 heteroatoms. The van der Waals surface area contributed by atoms with Crippen LogP contribution in [0.1, 0.15) is 13.3 Å². The van der Waals surface area contributed by atoms with Crippen LogP contribution in [0.3, 0.4) is 0 Å². The van der Waals surface area contributed by atoms with Crippen molar-refractivity contribution in [3.05, 3.63) is 30.1 Å². The molecule has 0 saturated heterocycles. The lowest BCUT2D eigenvalue weighted by Gasteiger charge is -2.05. The Bertz CT molecular complexity index is 328. The van der Waals surface area contributed by atoms with Gasteiger partial charge in [-0.25, -0.2) is 4.39 Å². The molecule has 0 radical (unpaired) electrons. The maximum atomic E-state index is 13.1. The number of para-hydroxylation sites is 1. The fraction of sp³-hybridized carbons (Fsp3) is 0.364.